The van der Waals surface area contributed by atoms with Crippen molar-refractivity contribution >= 4 is 46.4 Å². The zero-order chi connectivity index (χ0) is 26.5. The fourth-order valence-electron chi connectivity index (χ4n) is 3.87. The van der Waals surface area contributed by atoms with E-state index in [4.69, 9.17) is 16.3 Å². The van der Waals surface area contributed by atoms with Crippen LogP contribution in [0.25, 0.3) is 0 Å². The highest BCUT2D eigenvalue weighted by atomic mass is 35.5. The molecule has 0 bridgehead atoms. The summed E-state index contributed by atoms with van der Waals surface area (Å²) in [5, 5.41) is 3.18. The minimum Gasteiger partial charge on any atom is -0.482 e. The number of anilines is 3. The zero-order valence-electron chi connectivity index (χ0n) is 20.3. The second-order valence-corrected chi connectivity index (χ2v) is 9.21. The van der Waals surface area contributed by atoms with Crippen LogP contribution in [0.4, 0.5) is 21.5 Å². The van der Waals surface area contributed by atoms with Crippen LogP contribution in [-0.2, 0) is 14.4 Å². The molecule has 8 nitrogen and oxygen atoms in total. The lowest BCUT2D eigenvalue weighted by Gasteiger charge is -2.18. The molecule has 0 aromatic heterocycles. The average molecular weight is 525 g/mol. The van der Waals surface area contributed by atoms with E-state index in [-0.39, 0.29) is 31.4 Å². The van der Waals surface area contributed by atoms with Gasteiger partial charge in [0.1, 0.15) is 11.6 Å². The third-order valence-electron chi connectivity index (χ3n) is 6.05. The van der Waals surface area contributed by atoms with Crippen molar-refractivity contribution in [3.63, 3.8) is 0 Å². The average Bonchev–Trinajstić information content (AvgIpc) is 3.26. The Labute approximate surface area is 218 Å². The first-order valence-corrected chi connectivity index (χ1v) is 12.0. The van der Waals surface area contributed by atoms with Crippen LogP contribution in [0.2, 0.25) is 5.02 Å². The number of carbonyl (C=O) groups excluding carboxylic acids is 3. The number of hydrogen-bond acceptors (Lipinski definition) is 5. The molecule has 1 aliphatic rings. The molecule has 0 radical (unpaired) electrons. The smallest absolute Gasteiger partial charge is 0.262 e. The maximum atomic E-state index is 13.2. The molecule has 37 heavy (non-hydrogen) atoms. The minimum absolute atomic E-state index is 0.0163. The van der Waals surface area contributed by atoms with Gasteiger partial charge in [-0.2, -0.15) is 0 Å². The molecule has 1 aliphatic heterocycles. The van der Waals surface area contributed by atoms with Gasteiger partial charge < -0.3 is 15.0 Å². The Bertz CT molecular complexity index is 1330. The zero-order valence-corrected chi connectivity index (χ0v) is 21.1. The van der Waals surface area contributed by atoms with Gasteiger partial charge >= 0.3 is 0 Å². The molecule has 3 aromatic carbocycles. The first-order chi connectivity index (χ1) is 17.7. The van der Waals surface area contributed by atoms with Crippen LogP contribution in [0.3, 0.4) is 0 Å². The second kappa shape index (κ2) is 11.3. The lowest BCUT2D eigenvalue weighted by atomic mass is 10.1. The van der Waals surface area contributed by atoms with Gasteiger partial charge in [-0.05, 0) is 79.6 Å². The number of aryl methyl sites for hydroxylation is 2. The van der Waals surface area contributed by atoms with Gasteiger partial charge in [-0.1, -0.05) is 17.7 Å². The fourth-order valence-corrected chi connectivity index (χ4v) is 4.04. The van der Waals surface area contributed by atoms with Crippen molar-refractivity contribution in [2.75, 3.05) is 28.8 Å². The van der Waals surface area contributed by atoms with E-state index in [9.17, 15) is 18.8 Å². The molecule has 4 rings (SSSR count). The first kappa shape index (κ1) is 26.0. The van der Waals surface area contributed by atoms with Crippen molar-refractivity contribution in [1.82, 2.24) is 5.43 Å². The lowest BCUT2D eigenvalue weighted by Crippen LogP contribution is -2.36. The number of ether oxygens (including phenoxy) is 1. The van der Waals surface area contributed by atoms with Crippen LogP contribution < -0.4 is 25.8 Å². The highest BCUT2D eigenvalue weighted by Crippen LogP contribution is 2.29. The fraction of sp³-hybridized carbons (Fsp3) is 0.222. The number of carbonyl (C=O) groups is 3. The van der Waals surface area contributed by atoms with E-state index in [1.807, 2.05) is 32.0 Å². The Morgan fingerprint density at radius 2 is 1.81 bits per heavy atom. The minimum atomic E-state index is -0.614. The van der Waals surface area contributed by atoms with Crippen molar-refractivity contribution < 1.29 is 23.5 Å². The summed E-state index contributed by atoms with van der Waals surface area (Å²) in [5.74, 6) is -1.70. The molecule has 0 saturated carbocycles. The Morgan fingerprint density at radius 1 is 1.05 bits per heavy atom. The standard InChI is InChI=1S/C27H26ClFN4O4/c1-16-3-7-21(11-17(16)2)30-25(34)15-37-24-10-4-19(28)13-23(24)31-32-27(36)18-12-26(35)33(14-18)22-8-5-20(29)6-9-22/h3-11,13,18,31H,12,14-15H2,1-2H3,(H,30,34)(H,32,36)/t18-/m0/s1. The van der Waals surface area contributed by atoms with E-state index in [1.165, 1.54) is 29.2 Å². The van der Waals surface area contributed by atoms with Crippen molar-refractivity contribution in [1.29, 1.82) is 0 Å². The molecule has 192 valence electrons. The van der Waals surface area contributed by atoms with Crippen molar-refractivity contribution in [2.24, 2.45) is 5.92 Å². The van der Waals surface area contributed by atoms with Crippen LogP contribution in [-0.4, -0.2) is 30.9 Å². The predicted molar refractivity (Wildman–Crippen MR) is 140 cm³/mol. The van der Waals surface area contributed by atoms with Crippen LogP contribution in [0.1, 0.15) is 17.5 Å². The van der Waals surface area contributed by atoms with Gasteiger partial charge in [0.25, 0.3) is 5.91 Å². The van der Waals surface area contributed by atoms with E-state index in [0.29, 0.717) is 27.8 Å². The molecule has 3 amide bonds. The topological polar surface area (TPSA) is 99.8 Å². The monoisotopic (exact) mass is 524 g/mol. The maximum absolute atomic E-state index is 13.2. The number of nitrogens with one attached hydrogen (secondary N) is 3. The number of hydrazine groups is 1. The second-order valence-electron chi connectivity index (χ2n) is 8.77. The Kier molecular flexibility index (Phi) is 7.93. The van der Waals surface area contributed by atoms with Crippen LogP contribution in [0.15, 0.2) is 60.7 Å². The molecule has 1 saturated heterocycles. The van der Waals surface area contributed by atoms with Gasteiger partial charge in [-0.25, -0.2) is 4.39 Å². The van der Waals surface area contributed by atoms with E-state index < -0.39 is 17.6 Å². The number of rotatable bonds is 8. The van der Waals surface area contributed by atoms with Gasteiger partial charge in [0.05, 0.1) is 11.6 Å². The van der Waals surface area contributed by atoms with E-state index >= 15 is 0 Å². The number of benzene rings is 3. The van der Waals surface area contributed by atoms with Gasteiger partial charge in [-0.15, -0.1) is 0 Å². The molecule has 3 aromatic rings. The van der Waals surface area contributed by atoms with Crippen LogP contribution >= 0.6 is 11.6 Å². The van der Waals surface area contributed by atoms with Crippen LogP contribution in [0.5, 0.6) is 5.75 Å². The van der Waals surface area contributed by atoms with Crippen molar-refractivity contribution in [3.05, 3.63) is 82.6 Å². The highest BCUT2D eigenvalue weighted by molar-refractivity contribution is 6.31. The molecule has 3 N–H and O–H groups in total. The number of nitrogens with zero attached hydrogens (tertiary/aromatic N) is 1. The van der Waals surface area contributed by atoms with Crippen molar-refractivity contribution in [2.45, 2.75) is 20.3 Å². The van der Waals surface area contributed by atoms with Gasteiger partial charge in [0.15, 0.2) is 6.61 Å². The number of hydrogen-bond donors (Lipinski definition) is 3. The molecule has 0 spiro atoms. The molecule has 1 fully saturated rings. The summed E-state index contributed by atoms with van der Waals surface area (Å²) in [6.45, 7) is 3.85. The number of halogens is 2. The van der Waals surface area contributed by atoms with Crippen molar-refractivity contribution in [3.8, 4) is 5.75 Å². The quantitative estimate of drug-likeness (QED) is 0.374. The summed E-state index contributed by atoms with van der Waals surface area (Å²) in [6, 6.07) is 15.9. The van der Waals surface area contributed by atoms with E-state index in [1.54, 1.807) is 18.2 Å². The molecular formula is C27H26ClFN4O4. The molecular weight excluding hydrogens is 499 g/mol. The van der Waals surface area contributed by atoms with Gasteiger partial charge in [-0.3, -0.25) is 25.2 Å². The van der Waals surface area contributed by atoms with Gasteiger partial charge in [0, 0.05) is 29.4 Å². The summed E-state index contributed by atoms with van der Waals surface area (Å²) in [5.41, 5.74) is 9.08. The lowest BCUT2D eigenvalue weighted by molar-refractivity contribution is -0.125. The highest BCUT2D eigenvalue weighted by Gasteiger charge is 2.35. The third-order valence-corrected chi connectivity index (χ3v) is 6.28. The Hall–Kier alpha value is -4.11. The summed E-state index contributed by atoms with van der Waals surface area (Å²) in [7, 11) is 0. The molecule has 0 unspecified atom stereocenters. The molecule has 1 heterocycles. The van der Waals surface area contributed by atoms with Gasteiger partial charge in [0.2, 0.25) is 11.8 Å². The molecule has 1 atom stereocenters. The van der Waals surface area contributed by atoms with E-state index in [2.05, 4.69) is 16.2 Å². The molecule has 0 aliphatic carbocycles. The molecule has 10 heteroatoms. The van der Waals surface area contributed by atoms with Crippen LogP contribution in [0, 0.1) is 25.6 Å². The largest absolute Gasteiger partial charge is 0.482 e. The third kappa shape index (κ3) is 6.56. The normalized spacial score (nSPS) is 14.9. The number of amides is 3. The first-order valence-electron chi connectivity index (χ1n) is 11.6. The summed E-state index contributed by atoms with van der Waals surface area (Å²) in [4.78, 5) is 39.0. The summed E-state index contributed by atoms with van der Waals surface area (Å²) in [6.07, 6.45) is 0.0163. The SMILES string of the molecule is Cc1ccc(NC(=O)COc2ccc(Cl)cc2NNC(=O)[C@H]2CC(=O)N(c3ccc(F)cc3)C2)cc1C. The summed E-state index contributed by atoms with van der Waals surface area (Å²) < 4.78 is 18.9. The summed E-state index contributed by atoms with van der Waals surface area (Å²) >= 11 is 6.11. The Morgan fingerprint density at radius 3 is 2.54 bits per heavy atom. The Balaban J connectivity index is 1.34. The van der Waals surface area contributed by atoms with E-state index in [0.717, 1.165) is 11.1 Å². The predicted octanol–water partition coefficient (Wildman–Crippen LogP) is 4.61. The maximum Gasteiger partial charge on any atom is 0.262 e.